The Balaban J connectivity index is 1.82. The number of amides is 2. The van der Waals surface area contributed by atoms with Crippen molar-refractivity contribution < 1.29 is 19.1 Å². The average molecular weight is 310 g/mol. The Kier molecular flexibility index (Phi) is 5.91. The number of nitrogens with zero attached hydrogens (tertiary/aromatic N) is 2. The molecule has 0 aliphatic carbocycles. The molecule has 122 valence electrons. The Labute approximate surface area is 129 Å². The lowest BCUT2D eigenvalue weighted by Gasteiger charge is -2.11. The van der Waals surface area contributed by atoms with E-state index in [9.17, 15) is 9.59 Å². The summed E-state index contributed by atoms with van der Waals surface area (Å²) in [5, 5.41) is 9.89. The Bertz CT molecular complexity index is 505. The van der Waals surface area contributed by atoms with Gasteiger partial charge in [-0.1, -0.05) is 0 Å². The average Bonchev–Trinajstić information content (AvgIpc) is 3.03. The summed E-state index contributed by atoms with van der Waals surface area (Å²) in [5.41, 5.74) is 1.34. The summed E-state index contributed by atoms with van der Waals surface area (Å²) >= 11 is 0. The van der Waals surface area contributed by atoms with E-state index in [0.717, 1.165) is 5.69 Å². The fraction of sp³-hybridized carbons (Fsp3) is 0.643. The van der Waals surface area contributed by atoms with E-state index in [4.69, 9.17) is 9.47 Å². The molecule has 1 aliphatic heterocycles. The van der Waals surface area contributed by atoms with Crippen molar-refractivity contribution in [3.8, 4) is 0 Å². The highest BCUT2D eigenvalue weighted by Crippen LogP contribution is 2.16. The van der Waals surface area contributed by atoms with E-state index in [1.807, 2.05) is 6.92 Å². The summed E-state index contributed by atoms with van der Waals surface area (Å²) in [6.45, 7) is 3.92. The standard InChI is InChI=1S/C14H22N4O4/c1-3-22-9-13(19)16-10-6-11-7-12(17-18(11)8-10)14(20)15-4-5-21-2/h7,10H,3-6,8-9H2,1-2H3,(H,15,20)(H,16,19)/t10-/m0/s1. The van der Waals surface area contributed by atoms with Gasteiger partial charge in [-0.2, -0.15) is 5.10 Å². The van der Waals surface area contributed by atoms with Gasteiger partial charge in [0.2, 0.25) is 5.91 Å². The molecule has 0 unspecified atom stereocenters. The molecule has 0 radical (unpaired) electrons. The first-order valence-corrected chi connectivity index (χ1v) is 7.35. The molecular weight excluding hydrogens is 288 g/mol. The van der Waals surface area contributed by atoms with Crippen LogP contribution in [0.4, 0.5) is 0 Å². The van der Waals surface area contributed by atoms with Crippen molar-refractivity contribution in [2.24, 2.45) is 0 Å². The van der Waals surface area contributed by atoms with E-state index >= 15 is 0 Å². The van der Waals surface area contributed by atoms with Crippen LogP contribution in [0.5, 0.6) is 0 Å². The number of fused-ring (bicyclic) bond motifs is 1. The van der Waals surface area contributed by atoms with Crippen LogP contribution < -0.4 is 10.6 Å². The molecule has 1 aromatic rings. The fourth-order valence-electron chi connectivity index (χ4n) is 2.33. The van der Waals surface area contributed by atoms with Gasteiger partial charge in [-0.15, -0.1) is 0 Å². The Hall–Kier alpha value is -1.93. The largest absolute Gasteiger partial charge is 0.383 e. The predicted octanol–water partition coefficient (Wildman–Crippen LogP) is -0.663. The van der Waals surface area contributed by atoms with Crippen molar-refractivity contribution in [2.45, 2.75) is 25.9 Å². The number of methoxy groups -OCH3 is 1. The van der Waals surface area contributed by atoms with Gasteiger partial charge in [-0.3, -0.25) is 14.3 Å². The Morgan fingerprint density at radius 2 is 2.32 bits per heavy atom. The summed E-state index contributed by atoms with van der Waals surface area (Å²) in [6, 6.07) is 1.76. The lowest BCUT2D eigenvalue weighted by molar-refractivity contribution is -0.126. The lowest BCUT2D eigenvalue weighted by atomic mass is 10.2. The van der Waals surface area contributed by atoms with E-state index in [0.29, 0.717) is 38.4 Å². The molecule has 0 fully saturated rings. The highest BCUT2D eigenvalue weighted by atomic mass is 16.5. The Morgan fingerprint density at radius 1 is 1.50 bits per heavy atom. The van der Waals surface area contributed by atoms with Crippen molar-refractivity contribution in [1.29, 1.82) is 0 Å². The van der Waals surface area contributed by atoms with Crippen LogP contribution in [0.3, 0.4) is 0 Å². The molecule has 1 aromatic heterocycles. The van der Waals surface area contributed by atoms with Gasteiger partial charge in [-0.25, -0.2) is 0 Å². The topological polar surface area (TPSA) is 94.5 Å². The maximum Gasteiger partial charge on any atom is 0.271 e. The van der Waals surface area contributed by atoms with Crippen LogP contribution in [0.1, 0.15) is 23.1 Å². The molecule has 2 N–H and O–H groups in total. The summed E-state index contributed by atoms with van der Waals surface area (Å²) in [7, 11) is 1.58. The first kappa shape index (κ1) is 16.4. The molecule has 0 saturated carbocycles. The van der Waals surface area contributed by atoms with Gasteiger partial charge >= 0.3 is 0 Å². The van der Waals surface area contributed by atoms with Gasteiger partial charge in [0.05, 0.1) is 19.2 Å². The monoisotopic (exact) mass is 310 g/mol. The fourth-order valence-corrected chi connectivity index (χ4v) is 2.33. The summed E-state index contributed by atoms with van der Waals surface area (Å²) < 4.78 is 11.7. The highest BCUT2D eigenvalue weighted by Gasteiger charge is 2.26. The van der Waals surface area contributed by atoms with Gasteiger partial charge in [0.1, 0.15) is 12.3 Å². The van der Waals surface area contributed by atoms with Crippen LogP contribution >= 0.6 is 0 Å². The minimum atomic E-state index is -0.212. The zero-order chi connectivity index (χ0) is 15.9. The number of hydrogen-bond donors (Lipinski definition) is 2. The molecule has 2 amide bonds. The summed E-state index contributed by atoms with van der Waals surface area (Å²) in [5.74, 6) is -0.342. The minimum absolute atomic E-state index is 0.000980. The second-order valence-corrected chi connectivity index (χ2v) is 5.06. The number of nitrogens with one attached hydrogen (secondary N) is 2. The Morgan fingerprint density at radius 3 is 3.00 bits per heavy atom. The third-order valence-corrected chi connectivity index (χ3v) is 3.34. The molecule has 22 heavy (non-hydrogen) atoms. The SMILES string of the molecule is CCOCC(=O)N[C@H]1Cc2cc(C(=O)NCCOC)nn2C1. The predicted molar refractivity (Wildman–Crippen MR) is 78.6 cm³/mol. The third kappa shape index (κ3) is 4.28. The number of hydrogen-bond acceptors (Lipinski definition) is 5. The molecule has 0 aromatic carbocycles. The van der Waals surface area contributed by atoms with Crippen molar-refractivity contribution in [1.82, 2.24) is 20.4 Å². The number of aromatic nitrogens is 2. The molecule has 8 heteroatoms. The molecule has 0 bridgehead atoms. The zero-order valence-electron chi connectivity index (χ0n) is 12.9. The third-order valence-electron chi connectivity index (χ3n) is 3.34. The van der Waals surface area contributed by atoms with Gasteiger partial charge in [0.15, 0.2) is 0 Å². The van der Waals surface area contributed by atoms with Gasteiger partial charge in [0.25, 0.3) is 5.91 Å². The number of carbonyl (C=O) groups is 2. The molecule has 0 saturated heterocycles. The first-order chi connectivity index (χ1) is 10.6. The second kappa shape index (κ2) is 7.90. The van der Waals surface area contributed by atoms with E-state index in [1.165, 1.54) is 0 Å². The van der Waals surface area contributed by atoms with Crippen LogP contribution in [0.15, 0.2) is 6.07 Å². The quantitative estimate of drug-likeness (QED) is 0.622. The first-order valence-electron chi connectivity index (χ1n) is 7.35. The van der Waals surface area contributed by atoms with Crippen LogP contribution in [0, 0.1) is 0 Å². The van der Waals surface area contributed by atoms with Gasteiger partial charge in [0, 0.05) is 32.4 Å². The smallest absolute Gasteiger partial charge is 0.271 e. The van der Waals surface area contributed by atoms with Crippen LogP contribution in [0.2, 0.25) is 0 Å². The van der Waals surface area contributed by atoms with Gasteiger partial charge in [-0.05, 0) is 13.0 Å². The number of rotatable bonds is 8. The van der Waals surface area contributed by atoms with Crippen molar-refractivity contribution >= 4 is 11.8 Å². The number of ether oxygens (including phenoxy) is 2. The summed E-state index contributed by atoms with van der Waals surface area (Å²) in [6.07, 6.45) is 0.663. The van der Waals surface area contributed by atoms with Crippen LogP contribution in [-0.4, -0.2) is 61.1 Å². The molecule has 2 heterocycles. The van der Waals surface area contributed by atoms with Gasteiger partial charge < -0.3 is 20.1 Å². The minimum Gasteiger partial charge on any atom is -0.383 e. The molecule has 1 atom stereocenters. The van der Waals surface area contributed by atoms with Crippen molar-refractivity contribution in [3.05, 3.63) is 17.5 Å². The lowest BCUT2D eigenvalue weighted by Crippen LogP contribution is -2.38. The molecular formula is C14H22N4O4. The van der Waals surface area contributed by atoms with Crippen molar-refractivity contribution in [2.75, 3.05) is 33.5 Å². The summed E-state index contributed by atoms with van der Waals surface area (Å²) in [4.78, 5) is 23.5. The van der Waals surface area contributed by atoms with Crippen molar-refractivity contribution in [3.63, 3.8) is 0 Å². The van der Waals surface area contributed by atoms with E-state index in [-0.39, 0.29) is 24.5 Å². The van der Waals surface area contributed by atoms with E-state index < -0.39 is 0 Å². The molecule has 2 rings (SSSR count). The number of carbonyl (C=O) groups excluding carboxylic acids is 2. The maximum atomic E-state index is 11.9. The normalized spacial score (nSPS) is 16.4. The molecule has 0 spiro atoms. The maximum absolute atomic E-state index is 11.9. The molecule has 1 aliphatic rings. The van der Waals surface area contributed by atoms with Crippen LogP contribution in [0.25, 0.3) is 0 Å². The second-order valence-electron chi connectivity index (χ2n) is 5.06. The van der Waals surface area contributed by atoms with Crippen LogP contribution in [-0.2, 0) is 27.2 Å². The zero-order valence-corrected chi connectivity index (χ0v) is 12.9. The van der Waals surface area contributed by atoms with E-state index in [1.54, 1.807) is 17.9 Å². The highest BCUT2D eigenvalue weighted by molar-refractivity contribution is 5.92. The molecule has 8 nitrogen and oxygen atoms in total. The van der Waals surface area contributed by atoms with E-state index in [2.05, 4.69) is 15.7 Å².